The Bertz CT molecular complexity index is 978. The molecule has 7 nitrogen and oxygen atoms in total. The van der Waals surface area contributed by atoms with E-state index in [1.54, 1.807) is 33.9 Å². The molecule has 2 N–H and O–H groups in total. The molecular formula is C24H27NO6. The monoisotopic (exact) mass is 425 g/mol. The molecule has 0 aliphatic heterocycles. The molecule has 0 spiro atoms. The van der Waals surface area contributed by atoms with Crippen LogP contribution in [0.2, 0.25) is 0 Å². The molecule has 2 aromatic carbocycles. The minimum absolute atomic E-state index is 0.209. The third-order valence-electron chi connectivity index (χ3n) is 4.61. The smallest absolute Gasteiger partial charge is 0.243 e. The normalized spacial score (nSPS) is 9.84. The molecule has 0 fully saturated rings. The van der Waals surface area contributed by atoms with Gasteiger partial charge in [0, 0.05) is 12.8 Å². The van der Waals surface area contributed by atoms with Crippen LogP contribution < -0.4 is 24.4 Å². The molecule has 0 aliphatic carbocycles. The van der Waals surface area contributed by atoms with Crippen LogP contribution in [0.3, 0.4) is 0 Å². The molecule has 0 bridgehead atoms. The first-order chi connectivity index (χ1) is 15.0. The van der Waals surface area contributed by atoms with E-state index in [9.17, 15) is 4.79 Å². The van der Waals surface area contributed by atoms with Gasteiger partial charge in [-0.2, -0.15) is 0 Å². The fourth-order valence-corrected chi connectivity index (χ4v) is 2.97. The van der Waals surface area contributed by atoms with Gasteiger partial charge in [-0.05, 0) is 47.4 Å². The van der Waals surface area contributed by atoms with Crippen molar-refractivity contribution in [2.24, 2.45) is 0 Å². The molecule has 31 heavy (non-hydrogen) atoms. The Morgan fingerprint density at radius 1 is 0.968 bits per heavy atom. The van der Waals surface area contributed by atoms with Crippen molar-refractivity contribution in [1.82, 2.24) is 5.48 Å². The first kappa shape index (κ1) is 23.6. The second-order valence-corrected chi connectivity index (χ2v) is 6.50. The molecule has 0 radical (unpaired) electrons. The second kappa shape index (κ2) is 11.5. The number of carbonyl (C=O) groups excluding carboxylic acids is 1. The number of hydrogen-bond acceptors (Lipinski definition) is 6. The van der Waals surface area contributed by atoms with Gasteiger partial charge in [0.25, 0.3) is 0 Å². The van der Waals surface area contributed by atoms with E-state index in [0.29, 0.717) is 41.4 Å². The maximum atomic E-state index is 11.1. The molecule has 7 heteroatoms. The molecule has 0 unspecified atom stereocenters. The maximum Gasteiger partial charge on any atom is 0.243 e. The second-order valence-electron chi connectivity index (χ2n) is 6.50. The van der Waals surface area contributed by atoms with Gasteiger partial charge in [0.15, 0.2) is 11.5 Å². The number of rotatable bonds is 9. The van der Waals surface area contributed by atoms with Crippen LogP contribution in [-0.4, -0.2) is 39.6 Å². The number of hydrogen-bond donors (Lipinski definition) is 2. The van der Waals surface area contributed by atoms with E-state index in [1.165, 1.54) is 0 Å². The Labute approximate surface area is 182 Å². The lowest BCUT2D eigenvalue weighted by Gasteiger charge is -2.16. The van der Waals surface area contributed by atoms with E-state index < -0.39 is 5.91 Å². The van der Waals surface area contributed by atoms with Crippen LogP contribution >= 0.6 is 0 Å². The molecule has 0 heterocycles. The van der Waals surface area contributed by atoms with Crippen molar-refractivity contribution in [3.63, 3.8) is 0 Å². The fourth-order valence-electron chi connectivity index (χ4n) is 2.97. The molecular weight excluding hydrogens is 398 g/mol. The van der Waals surface area contributed by atoms with E-state index in [2.05, 4.69) is 18.4 Å². The third-order valence-corrected chi connectivity index (χ3v) is 4.61. The van der Waals surface area contributed by atoms with Crippen molar-refractivity contribution >= 4 is 11.5 Å². The third kappa shape index (κ3) is 5.93. The lowest BCUT2D eigenvalue weighted by Crippen LogP contribution is -2.17. The van der Waals surface area contributed by atoms with Crippen molar-refractivity contribution in [1.29, 1.82) is 0 Å². The number of nitrogens with one attached hydrogen (secondary N) is 1. The number of methoxy groups -OCH3 is 4. The summed E-state index contributed by atoms with van der Waals surface area (Å²) in [6.07, 6.45) is 1.26. The van der Waals surface area contributed by atoms with Crippen molar-refractivity contribution in [3.05, 3.63) is 53.6 Å². The van der Waals surface area contributed by atoms with Crippen LogP contribution in [-0.2, 0) is 4.79 Å². The maximum absolute atomic E-state index is 11.1. The number of unbranched alkanes of at least 4 members (excludes halogenated alkanes) is 1. The van der Waals surface area contributed by atoms with Crippen LogP contribution in [0.5, 0.6) is 23.0 Å². The van der Waals surface area contributed by atoms with E-state index >= 15 is 0 Å². The van der Waals surface area contributed by atoms with Gasteiger partial charge in [0.1, 0.15) is 5.75 Å². The van der Waals surface area contributed by atoms with Crippen molar-refractivity contribution < 1.29 is 28.9 Å². The van der Waals surface area contributed by atoms with Gasteiger partial charge in [0.05, 0.1) is 34.0 Å². The average molecular weight is 425 g/mol. The molecule has 1 amide bonds. The predicted molar refractivity (Wildman–Crippen MR) is 118 cm³/mol. The Hall–Kier alpha value is -3.63. The van der Waals surface area contributed by atoms with E-state index in [0.717, 1.165) is 16.7 Å². The summed E-state index contributed by atoms with van der Waals surface area (Å²) in [6, 6.07) is 9.32. The summed E-state index contributed by atoms with van der Waals surface area (Å²) in [6.45, 7) is 4.23. The number of benzene rings is 2. The van der Waals surface area contributed by atoms with Gasteiger partial charge < -0.3 is 18.9 Å². The number of amides is 1. The van der Waals surface area contributed by atoms with E-state index in [-0.39, 0.29) is 6.42 Å². The summed E-state index contributed by atoms with van der Waals surface area (Å²) < 4.78 is 21.7. The zero-order valence-electron chi connectivity index (χ0n) is 18.2. The average Bonchev–Trinajstić information content (AvgIpc) is 2.81. The summed E-state index contributed by atoms with van der Waals surface area (Å²) in [5.41, 5.74) is 4.74. The molecule has 2 rings (SSSR count). The molecule has 164 valence electrons. The van der Waals surface area contributed by atoms with Crippen LogP contribution in [0.25, 0.3) is 5.57 Å². The van der Waals surface area contributed by atoms with Gasteiger partial charge in [-0.25, -0.2) is 5.48 Å². The van der Waals surface area contributed by atoms with Gasteiger partial charge in [-0.15, -0.1) is 0 Å². The SMILES string of the molecule is C=C(c1ccc(OC)c(C#CCCCC(=O)NO)c1)c1cc(OC)c(OC)c(OC)c1. The minimum Gasteiger partial charge on any atom is -0.495 e. The highest BCUT2D eigenvalue weighted by molar-refractivity contribution is 5.81. The lowest BCUT2D eigenvalue weighted by molar-refractivity contribution is -0.129. The zero-order valence-corrected chi connectivity index (χ0v) is 18.2. The van der Waals surface area contributed by atoms with Gasteiger partial charge >= 0.3 is 0 Å². The summed E-state index contributed by atoms with van der Waals surface area (Å²) >= 11 is 0. The first-order valence-electron chi connectivity index (χ1n) is 9.58. The van der Waals surface area contributed by atoms with Crippen molar-refractivity contribution in [2.75, 3.05) is 28.4 Å². The summed E-state index contributed by atoms with van der Waals surface area (Å²) in [5.74, 6) is 7.93. The van der Waals surface area contributed by atoms with Crippen molar-refractivity contribution in [2.45, 2.75) is 19.3 Å². The summed E-state index contributed by atoms with van der Waals surface area (Å²) in [5, 5.41) is 8.53. The Morgan fingerprint density at radius 3 is 2.16 bits per heavy atom. The van der Waals surface area contributed by atoms with Gasteiger partial charge in [-0.3, -0.25) is 10.0 Å². The highest BCUT2D eigenvalue weighted by Gasteiger charge is 2.16. The Balaban J connectivity index is 2.32. The predicted octanol–water partition coefficient (Wildman–Crippen LogP) is 3.81. The van der Waals surface area contributed by atoms with Crippen LogP contribution in [0.15, 0.2) is 36.9 Å². The number of hydroxylamine groups is 1. The van der Waals surface area contributed by atoms with Gasteiger partial charge in [0.2, 0.25) is 11.7 Å². The topological polar surface area (TPSA) is 86.3 Å². The molecule has 2 aromatic rings. The molecule has 0 saturated carbocycles. The highest BCUT2D eigenvalue weighted by atomic mass is 16.5. The van der Waals surface area contributed by atoms with Crippen molar-refractivity contribution in [3.8, 4) is 34.8 Å². The van der Waals surface area contributed by atoms with Crippen LogP contribution in [0, 0.1) is 11.8 Å². The quantitative estimate of drug-likeness (QED) is 0.275. The molecule has 0 saturated heterocycles. The highest BCUT2D eigenvalue weighted by Crippen LogP contribution is 2.41. The Kier molecular flexibility index (Phi) is 8.79. The van der Waals surface area contributed by atoms with E-state index in [4.69, 9.17) is 24.2 Å². The zero-order chi connectivity index (χ0) is 22.8. The van der Waals surface area contributed by atoms with Gasteiger partial charge in [-0.1, -0.05) is 24.5 Å². The fraction of sp³-hybridized carbons (Fsp3) is 0.292. The number of carbonyl (C=O) groups is 1. The van der Waals surface area contributed by atoms with E-state index in [1.807, 2.05) is 30.3 Å². The lowest BCUT2D eigenvalue weighted by atomic mass is 9.97. The minimum atomic E-state index is -0.428. The molecule has 0 aromatic heterocycles. The number of ether oxygens (including phenoxy) is 4. The summed E-state index contributed by atoms with van der Waals surface area (Å²) in [7, 11) is 6.27. The van der Waals surface area contributed by atoms with Crippen LogP contribution in [0.4, 0.5) is 0 Å². The largest absolute Gasteiger partial charge is 0.495 e. The first-order valence-corrected chi connectivity index (χ1v) is 9.58. The standard InChI is InChI=1S/C24H27NO6/c1-16(19-14-21(29-3)24(31-5)22(15-19)30-4)17-11-12-20(28-2)18(13-17)9-7-6-8-10-23(26)25-27/h11-15,27H,1,6,8,10H2,2-5H3,(H,25,26). The Morgan fingerprint density at radius 2 is 1.61 bits per heavy atom. The summed E-state index contributed by atoms with van der Waals surface area (Å²) in [4.78, 5) is 11.1. The molecule has 0 aliphatic rings. The van der Waals surface area contributed by atoms with Crippen LogP contribution in [0.1, 0.15) is 36.0 Å². The molecule has 0 atom stereocenters.